The summed E-state index contributed by atoms with van der Waals surface area (Å²) in [7, 11) is 1.51. The van der Waals surface area contributed by atoms with Gasteiger partial charge in [0.1, 0.15) is 11.7 Å². The number of carbonyl (C=O) groups is 1. The molecule has 1 aliphatic rings. The Morgan fingerprint density at radius 3 is 3.05 bits per heavy atom. The minimum absolute atomic E-state index is 0.0662. The van der Waals surface area contributed by atoms with E-state index in [2.05, 4.69) is 6.07 Å². The molecule has 0 amide bonds. The summed E-state index contributed by atoms with van der Waals surface area (Å²) < 4.78 is 10.7. The number of hydrogen-bond acceptors (Lipinski definition) is 4. The SMILES string of the molecule is COc1ccc(Cl)cc1C(C#N)C(=O)CC1CCCO1. The number of ketones is 1. The van der Waals surface area contributed by atoms with Crippen LogP contribution < -0.4 is 4.74 Å². The van der Waals surface area contributed by atoms with Crippen LogP contribution in [0.4, 0.5) is 0 Å². The van der Waals surface area contributed by atoms with E-state index < -0.39 is 5.92 Å². The number of Topliss-reactive ketones (excluding diaryl/α,β-unsaturated/α-hetero) is 1. The number of nitrogens with zero attached hydrogens (tertiary/aromatic N) is 1. The number of rotatable bonds is 5. The highest BCUT2D eigenvalue weighted by Gasteiger charge is 2.28. The van der Waals surface area contributed by atoms with E-state index in [1.165, 1.54) is 7.11 Å². The van der Waals surface area contributed by atoms with Crippen molar-refractivity contribution in [2.45, 2.75) is 31.3 Å². The van der Waals surface area contributed by atoms with Gasteiger partial charge in [-0.3, -0.25) is 4.79 Å². The Bertz CT molecular complexity index is 532. The van der Waals surface area contributed by atoms with Gasteiger partial charge in [0.15, 0.2) is 5.78 Å². The molecule has 106 valence electrons. The Morgan fingerprint density at radius 1 is 1.65 bits per heavy atom. The van der Waals surface area contributed by atoms with Gasteiger partial charge in [-0.1, -0.05) is 11.6 Å². The molecule has 1 aliphatic heterocycles. The average molecular weight is 294 g/mol. The van der Waals surface area contributed by atoms with Crippen molar-refractivity contribution in [3.05, 3.63) is 28.8 Å². The molecule has 1 heterocycles. The highest BCUT2D eigenvalue weighted by molar-refractivity contribution is 6.30. The van der Waals surface area contributed by atoms with Gasteiger partial charge in [0.2, 0.25) is 0 Å². The van der Waals surface area contributed by atoms with Crippen molar-refractivity contribution >= 4 is 17.4 Å². The second kappa shape index (κ2) is 6.74. The standard InChI is InChI=1S/C15H16ClNO3/c1-19-15-5-4-10(16)7-12(15)13(9-17)14(18)8-11-3-2-6-20-11/h4-5,7,11,13H,2-3,6,8H2,1H3. The maximum absolute atomic E-state index is 12.3. The monoisotopic (exact) mass is 293 g/mol. The molecule has 0 saturated carbocycles. The van der Waals surface area contributed by atoms with Crippen LogP contribution in [0.3, 0.4) is 0 Å². The molecule has 0 spiro atoms. The highest BCUT2D eigenvalue weighted by atomic mass is 35.5. The van der Waals surface area contributed by atoms with Crippen molar-refractivity contribution in [3.8, 4) is 11.8 Å². The number of hydrogen-bond donors (Lipinski definition) is 0. The van der Waals surface area contributed by atoms with Gasteiger partial charge in [-0.25, -0.2) is 0 Å². The molecule has 5 heteroatoms. The molecule has 0 aromatic heterocycles. The molecule has 0 radical (unpaired) electrons. The molecule has 4 nitrogen and oxygen atoms in total. The van der Waals surface area contributed by atoms with Crippen LogP contribution in [-0.2, 0) is 9.53 Å². The van der Waals surface area contributed by atoms with Crippen LogP contribution in [0, 0.1) is 11.3 Å². The number of ether oxygens (including phenoxy) is 2. The molecule has 1 fully saturated rings. The molecule has 2 rings (SSSR count). The van der Waals surface area contributed by atoms with Gasteiger partial charge in [-0.2, -0.15) is 5.26 Å². The lowest BCUT2D eigenvalue weighted by Crippen LogP contribution is -2.18. The topological polar surface area (TPSA) is 59.3 Å². The minimum Gasteiger partial charge on any atom is -0.496 e. The molecule has 20 heavy (non-hydrogen) atoms. The van der Waals surface area contributed by atoms with E-state index in [1.807, 2.05) is 0 Å². The molecule has 1 aromatic carbocycles. The predicted molar refractivity (Wildman–Crippen MR) is 75.0 cm³/mol. The number of benzene rings is 1. The number of halogens is 1. The molecule has 1 aromatic rings. The summed E-state index contributed by atoms with van der Waals surface area (Å²) in [5.74, 6) is -0.519. The van der Waals surface area contributed by atoms with Crippen molar-refractivity contribution in [1.29, 1.82) is 5.26 Å². The van der Waals surface area contributed by atoms with Gasteiger partial charge >= 0.3 is 0 Å². The maximum Gasteiger partial charge on any atom is 0.157 e. The lowest BCUT2D eigenvalue weighted by Gasteiger charge is -2.15. The van der Waals surface area contributed by atoms with Gasteiger partial charge in [-0.05, 0) is 31.0 Å². The molecule has 2 atom stereocenters. The normalized spacial score (nSPS) is 19.4. The highest BCUT2D eigenvalue weighted by Crippen LogP contribution is 2.31. The molecule has 1 saturated heterocycles. The third-order valence-corrected chi connectivity index (χ3v) is 3.64. The number of methoxy groups -OCH3 is 1. The smallest absolute Gasteiger partial charge is 0.157 e. The fraction of sp³-hybridized carbons (Fsp3) is 0.467. The van der Waals surface area contributed by atoms with E-state index in [0.29, 0.717) is 22.9 Å². The summed E-state index contributed by atoms with van der Waals surface area (Å²) in [5, 5.41) is 9.80. The van der Waals surface area contributed by atoms with Crippen LogP contribution in [0.2, 0.25) is 5.02 Å². The van der Waals surface area contributed by atoms with E-state index in [1.54, 1.807) is 18.2 Å². The van der Waals surface area contributed by atoms with E-state index in [-0.39, 0.29) is 18.3 Å². The zero-order valence-corrected chi connectivity index (χ0v) is 12.0. The molecule has 2 unspecified atom stereocenters. The summed E-state index contributed by atoms with van der Waals surface area (Å²) in [6, 6.07) is 7.00. The van der Waals surface area contributed by atoms with E-state index >= 15 is 0 Å². The summed E-state index contributed by atoms with van der Waals surface area (Å²) in [6.45, 7) is 0.690. The van der Waals surface area contributed by atoms with Crippen LogP contribution in [-0.4, -0.2) is 25.6 Å². The Labute approximate surface area is 123 Å². The maximum atomic E-state index is 12.3. The number of carbonyl (C=O) groups excluding carboxylic acids is 1. The summed E-state index contributed by atoms with van der Waals surface area (Å²) in [4.78, 5) is 12.3. The van der Waals surface area contributed by atoms with Gasteiger partial charge in [0.05, 0.1) is 19.3 Å². The quantitative estimate of drug-likeness (QED) is 0.837. The fourth-order valence-electron chi connectivity index (χ4n) is 2.39. The van der Waals surface area contributed by atoms with Gasteiger partial charge in [0.25, 0.3) is 0 Å². The first kappa shape index (κ1) is 14.8. The Balaban J connectivity index is 2.20. The number of nitriles is 1. The zero-order chi connectivity index (χ0) is 14.5. The van der Waals surface area contributed by atoms with E-state index in [4.69, 9.17) is 21.1 Å². The Kier molecular flexibility index (Phi) is 4.99. The molecule has 0 aliphatic carbocycles. The van der Waals surface area contributed by atoms with Crippen molar-refractivity contribution in [1.82, 2.24) is 0 Å². The first-order valence-electron chi connectivity index (χ1n) is 6.53. The van der Waals surface area contributed by atoms with Crippen molar-refractivity contribution < 1.29 is 14.3 Å². The predicted octanol–water partition coefficient (Wildman–Crippen LogP) is 3.09. The molecule has 0 N–H and O–H groups in total. The molecular formula is C15H16ClNO3. The minimum atomic E-state index is -0.868. The first-order chi connectivity index (χ1) is 9.65. The molecule has 0 bridgehead atoms. The van der Waals surface area contributed by atoms with Crippen LogP contribution in [0.25, 0.3) is 0 Å². The summed E-state index contributed by atoms with van der Waals surface area (Å²) >= 11 is 5.95. The summed E-state index contributed by atoms with van der Waals surface area (Å²) in [6.07, 6.45) is 2.03. The van der Waals surface area contributed by atoms with Crippen molar-refractivity contribution in [3.63, 3.8) is 0 Å². The van der Waals surface area contributed by atoms with Crippen LogP contribution >= 0.6 is 11.6 Å². The second-order valence-corrected chi connectivity index (χ2v) is 5.19. The van der Waals surface area contributed by atoms with Gasteiger partial charge in [0, 0.05) is 23.6 Å². The third kappa shape index (κ3) is 3.30. The lowest BCUT2D eigenvalue weighted by atomic mass is 9.91. The largest absolute Gasteiger partial charge is 0.496 e. The average Bonchev–Trinajstić information content (AvgIpc) is 2.93. The fourth-order valence-corrected chi connectivity index (χ4v) is 2.57. The van der Waals surface area contributed by atoms with Crippen molar-refractivity contribution in [2.24, 2.45) is 0 Å². The van der Waals surface area contributed by atoms with E-state index in [0.717, 1.165) is 12.8 Å². The Morgan fingerprint density at radius 2 is 2.45 bits per heavy atom. The van der Waals surface area contributed by atoms with Crippen LogP contribution in [0.15, 0.2) is 18.2 Å². The van der Waals surface area contributed by atoms with E-state index in [9.17, 15) is 10.1 Å². The van der Waals surface area contributed by atoms with Gasteiger partial charge < -0.3 is 9.47 Å². The summed E-state index contributed by atoms with van der Waals surface area (Å²) in [5.41, 5.74) is 0.519. The van der Waals surface area contributed by atoms with Crippen LogP contribution in [0.1, 0.15) is 30.7 Å². The molecular weight excluding hydrogens is 278 g/mol. The van der Waals surface area contributed by atoms with Crippen molar-refractivity contribution in [2.75, 3.05) is 13.7 Å². The third-order valence-electron chi connectivity index (χ3n) is 3.41. The zero-order valence-electron chi connectivity index (χ0n) is 11.3. The lowest BCUT2D eigenvalue weighted by molar-refractivity contribution is -0.121. The second-order valence-electron chi connectivity index (χ2n) is 4.75. The first-order valence-corrected chi connectivity index (χ1v) is 6.91. The van der Waals surface area contributed by atoms with Gasteiger partial charge in [-0.15, -0.1) is 0 Å². The van der Waals surface area contributed by atoms with Crippen LogP contribution in [0.5, 0.6) is 5.75 Å². The Hall–Kier alpha value is -1.57.